The second-order valence-electron chi connectivity index (χ2n) is 5.47. The minimum Gasteiger partial charge on any atom is -0.482 e. The molecule has 0 aliphatic carbocycles. The van der Waals surface area contributed by atoms with Crippen molar-refractivity contribution < 1.29 is 24.3 Å². The molecule has 0 unspecified atom stereocenters. The first-order valence-corrected chi connectivity index (χ1v) is 7.28. The zero-order chi connectivity index (χ0) is 15.5. The number of ether oxygens (including phenoxy) is 2. The summed E-state index contributed by atoms with van der Waals surface area (Å²) in [5.74, 6) is 0.201. The fourth-order valence-corrected chi connectivity index (χ4v) is 2.80. The van der Waals surface area contributed by atoms with E-state index in [1.54, 1.807) is 28.6 Å². The highest BCUT2D eigenvalue weighted by Crippen LogP contribution is 2.34. The maximum Gasteiger partial charge on any atom is 0.274 e. The van der Waals surface area contributed by atoms with Gasteiger partial charge in [-0.05, 0) is 37.0 Å². The standard InChI is InChI=1S/C15H18N2O5/c18-14-9-22-13-2-1-11(15(19)16-20)7-12(13)17(14)8-10-3-5-21-6-4-10/h1-2,7,10,20H,3-6,8-9H2,(H,16,19). The van der Waals surface area contributed by atoms with Gasteiger partial charge in [-0.15, -0.1) is 0 Å². The van der Waals surface area contributed by atoms with Crippen molar-refractivity contribution in [2.24, 2.45) is 5.92 Å². The van der Waals surface area contributed by atoms with Gasteiger partial charge < -0.3 is 14.4 Å². The molecule has 0 bridgehead atoms. The number of amides is 2. The van der Waals surface area contributed by atoms with Crippen LogP contribution in [0.4, 0.5) is 5.69 Å². The summed E-state index contributed by atoms with van der Waals surface area (Å²) >= 11 is 0. The van der Waals surface area contributed by atoms with Gasteiger partial charge in [-0.3, -0.25) is 14.8 Å². The van der Waals surface area contributed by atoms with Gasteiger partial charge in [0.15, 0.2) is 6.61 Å². The zero-order valence-electron chi connectivity index (χ0n) is 12.1. The largest absolute Gasteiger partial charge is 0.482 e. The molecule has 0 spiro atoms. The van der Waals surface area contributed by atoms with Crippen molar-refractivity contribution in [2.75, 3.05) is 31.3 Å². The molecule has 7 heteroatoms. The normalized spacial score (nSPS) is 18.6. The van der Waals surface area contributed by atoms with Gasteiger partial charge in [-0.1, -0.05) is 0 Å². The summed E-state index contributed by atoms with van der Waals surface area (Å²) in [6, 6.07) is 4.76. The van der Waals surface area contributed by atoms with Crippen LogP contribution in [-0.2, 0) is 9.53 Å². The van der Waals surface area contributed by atoms with E-state index in [1.807, 2.05) is 0 Å². The molecule has 2 heterocycles. The Kier molecular flexibility index (Phi) is 4.26. The number of nitrogens with one attached hydrogen (secondary N) is 1. The Morgan fingerprint density at radius 3 is 2.86 bits per heavy atom. The molecule has 118 valence electrons. The fourth-order valence-electron chi connectivity index (χ4n) is 2.80. The molecule has 0 radical (unpaired) electrons. The Balaban J connectivity index is 1.87. The number of hydroxylamine groups is 1. The summed E-state index contributed by atoms with van der Waals surface area (Å²) in [5.41, 5.74) is 2.44. The van der Waals surface area contributed by atoms with Crippen LogP contribution in [0.2, 0.25) is 0 Å². The Hall–Kier alpha value is -2.12. The molecule has 0 saturated carbocycles. The lowest BCUT2D eigenvalue weighted by Crippen LogP contribution is -2.42. The van der Waals surface area contributed by atoms with E-state index in [2.05, 4.69) is 0 Å². The van der Waals surface area contributed by atoms with Crippen molar-refractivity contribution in [1.29, 1.82) is 0 Å². The molecular formula is C15H18N2O5. The molecule has 2 aliphatic heterocycles. The molecule has 1 aromatic carbocycles. The van der Waals surface area contributed by atoms with Crippen LogP contribution >= 0.6 is 0 Å². The third-order valence-corrected chi connectivity index (χ3v) is 4.05. The minimum atomic E-state index is -0.619. The zero-order valence-corrected chi connectivity index (χ0v) is 12.1. The number of fused-ring (bicyclic) bond motifs is 1. The second-order valence-corrected chi connectivity index (χ2v) is 5.47. The van der Waals surface area contributed by atoms with Gasteiger partial charge in [0.1, 0.15) is 5.75 Å². The van der Waals surface area contributed by atoms with Crippen molar-refractivity contribution in [3.8, 4) is 5.75 Å². The van der Waals surface area contributed by atoms with Gasteiger partial charge in [0, 0.05) is 25.3 Å². The van der Waals surface area contributed by atoms with E-state index in [4.69, 9.17) is 14.7 Å². The van der Waals surface area contributed by atoms with E-state index >= 15 is 0 Å². The quantitative estimate of drug-likeness (QED) is 0.641. The Bertz CT molecular complexity index is 583. The molecule has 3 rings (SSSR count). The van der Waals surface area contributed by atoms with Gasteiger partial charge in [-0.25, -0.2) is 5.48 Å². The Morgan fingerprint density at radius 2 is 2.14 bits per heavy atom. The van der Waals surface area contributed by atoms with E-state index < -0.39 is 5.91 Å². The van der Waals surface area contributed by atoms with Crippen LogP contribution < -0.4 is 15.1 Å². The molecule has 1 aromatic rings. The third-order valence-electron chi connectivity index (χ3n) is 4.05. The highest BCUT2D eigenvalue weighted by molar-refractivity contribution is 6.01. The van der Waals surface area contributed by atoms with Crippen LogP contribution in [0.3, 0.4) is 0 Å². The summed E-state index contributed by atoms with van der Waals surface area (Å²) in [7, 11) is 0. The van der Waals surface area contributed by atoms with Crippen molar-refractivity contribution in [3.63, 3.8) is 0 Å². The van der Waals surface area contributed by atoms with Crippen LogP contribution in [0.15, 0.2) is 18.2 Å². The number of hydrogen-bond donors (Lipinski definition) is 2. The molecule has 7 nitrogen and oxygen atoms in total. The maximum atomic E-state index is 12.2. The molecule has 2 amide bonds. The predicted molar refractivity (Wildman–Crippen MR) is 77.1 cm³/mol. The lowest BCUT2D eigenvalue weighted by atomic mass is 9.99. The molecular weight excluding hydrogens is 288 g/mol. The van der Waals surface area contributed by atoms with Gasteiger partial charge in [-0.2, -0.15) is 0 Å². The fraction of sp³-hybridized carbons (Fsp3) is 0.467. The monoisotopic (exact) mass is 306 g/mol. The number of rotatable bonds is 3. The first kappa shape index (κ1) is 14.8. The van der Waals surface area contributed by atoms with Gasteiger partial charge in [0.2, 0.25) is 0 Å². The first-order chi connectivity index (χ1) is 10.7. The molecule has 0 atom stereocenters. The lowest BCUT2D eigenvalue weighted by molar-refractivity contribution is -0.121. The number of hydrogen-bond acceptors (Lipinski definition) is 5. The molecule has 2 N–H and O–H groups in total. The molecule has 22 heavy (non-hydrogen) atoms. The van der Waals surface area contributed by atoms with Crippen LogP contribution in [0, 0.1) is 5.92 Å². The van der Waals surface area contributed by atoms with Gasteiger partial charge in [0.05, 0.1) is 5.69 Å². The SMILES string of the molecule is O=C(NO)c1ccc2c(c1)N(CC1CCOCC1)C(=O)CO2. The summed E-state index contributed by atoms with van der Waals surface area (Å²) in [4.78, 5) is 25.4. The summed E-state index contributed by atoms with van der Waals surface area (Å²) in [6.07, 6.45) is 1.83. The first-order valence-electron chi connectivity index (χ1n) is 7.28. The van der Waals surface area contributed by atoms with E-state index in [0.29, 0.717) is 37.1 Å². The van der Waals surface area contributed by atoms with Crippen LogP contribution in [0.25, 0.3) is 0 Å². The number of carbonyl (C=O) groups is 2. The molecule has 1 fully saturated rings. The van der Waals surface area contributed by atoms with E-state index in [0.717, 1.165) is 12.8 Å². The summed E-state index contributed by atoms with van der Waals surface area (Å²) in [5, 5.41) is 8.75. The lowest BCUT2D eigenvalue weighted by Gasteiger charge is -2.33. The second kappa shape index (κ2) is 6.33. The van der Waals surface area contributed by atoms with E-state index in [-0.39, 0.29) is 18.1 Å². The van der Waals surface area contributed by atoms with Crippen molar-refractivity contribution >= 4 is 17.5 Å². The van der Waals surface area contributed by atoms with E-state index in [9.17, 15) is 9.59 Å². The molecule has 2 aliphatic rings. The number of anilines is 1. The predicted octanol–water partition coefficient (Wildman–Crippen LogP) is 0.958. The van der Waals surface area contributed by atoms with Crippen LogP contribution in [-0.4, -0.2) is 43.4 Å². The van der Waals surface area contributed by atoms with E-state index in [1.165, 1.54) is 0 Å². The highest BCUT2D eigenvalue weighted by atomic mass is 16.5. The number of benzene rings is 1. The Labute approximate surface area is 127 Å². The average Bonchev–Trinajstić information content (AvgIpc) is 2.57. The van der Waals surface area contributed by atoms with Gasteiger partial charge in [0.25, 0.3) is 11.8 Å². The number of nitrogens with zero attached hydrogens (tertiary/aromatic N) is 1. The van der Waals surface area contributed by atoms with Gasteiger partial charge >= 0.3 is 0 Å². The molecule has 0 aromatic heterocycles. The van der Waals surface area contributed by atoms with Crippen LogP contribution in [0.5, 0.6) is 5.75 Å². The van der Waals surface area contributed by atoms with Crippen LogP contribution in [0.1, 0.15) is 23.2 Å². The minimum absolute atomic E-state index is 0.00175. The topological polar surface area (TPSA) is 88.1 Å². The van der Waals surface area contributed by atoms with Crippen molar-refractivity contribution in [1.82, 2.24) is 5.48 Å². The highest BCUT2D eigenvalue weighted by Gasteiger charge is 2.29. The average molecular weight is 306 g/mol. The maximum absolute atomic E-state index is 12.2. The number of carbonyl (C=O) groups excluding carboxylic acids is 2. The smallest absolute Gasteiger partial charge is 0.274 e. The summed E-state index contributed by atoms with van der Waals surface area (Å²) in [6.45, 7) is 2.01. The molecule has 1 saturated heterocycles. The van der Waals surface area contributed by atoms with Crippen molar-refractivity contribution in [3.05, 3.63) is 23.8 Å². The van der Waals surface area contributed by atoms with Crippen molar-refractivity contribution in [2.45, 2.75) is 12.8 Å². The third kappa shape index (κ3) is 2.90. The summed E-state index contributed by atoms with van der Waals surface area (Å²) < 4.78 is 10.8. The Morgan fingerprint density at radius 1 is 1.36 bits per heavy atom.